The lowest BCUT2D eigenvalue weighted by atomic mass is 10.1. The Kier molecular flexibility index (Phi) is 4.48. The van der Waals surface area contributed by atoms with Gasteiger partial charge in [0.15, 0.2) is 0 Å². The summed E-state index contributed by atoms with van der Waals surface area (Å²) in [6, 6.07) is 13.4. The number of methoxy groups -OCH3 is 1. The summed E-state index contributed by atoms with van der Waals surface area (Å²) in [6.45, 7) is 2.93. The van der Waals surface area contributed by atoms with Crippen molar-refractivity contribution in [2.45, 2.75) is 6.42 Å². The molecule has 2 aliphatic heterocycles. The third-order valence-corrected chi connectivity index (χ3v) is 5.41. The number of hydrogen-bond donors (Lipinski definition) is 0. The van der Waals surface area contributed by atoms with Crippen molar-refractivity contribution in [3.8, 4) is 5.75 Å². The Labute approximate surface area is 158 Å². The quantitative estimate of drug-likeness (QED) is 0.837. The molecule has 2 aromatic rings. The standard InChI is InChI=1S/C21H23N3O3/c1-22-19-8-5-17(13-16(19)14-20(22)25)23-9-11-24(12-10-23)21(26)15-3-6-18(27-2)7-4-15/h3-8,13H,9-12,14H2,1-2H3. The molecule has 0 radical (unpaired) electrons. The van der Waals surface area contributed by atoms with Gasteiger partial charge in [0.1, 0.15) is 5.75 Å². The van der Waals surface area contributed by atoms with E-state index in [0.717, 1.165) is 35.8 Å². The van der Waals surface area contributed by atoms with Crippen molar-refractivity contribution in [1.29, 1.82) is 0 Å². The van der Waals surface area contributed by atoms with E-state index in [1.165, 1.54) is 0 Å². The minimum absolute atomic E-state index is 0.0541. The van der Waals surface area contributed by atoms with Crippen LogP contribution >= 0.6 is 0 Å². The number of hydrogen-bond acceptors (Lipinski definition) is 4. The summed E-state index contributed by atoms with van der Waals surface area (Å²) in [5.74, 6) is 0.938. The van der Waals surface area contributed by atoms with Crippen LogP contribution in [0.25, 0.3) is 0 Å². The Morgan fingerprint density at radius 2 is 1.70 bits per heavy atom. The van der Waals surface area contributed by atoms with Gasteiger partial charge in [0.25, 0.3) is 5.91 Å². The molecular weight excluding hydrogens is 342 g/mol. The number of carbonyl (C=O) groups is 2. The molecule has 2 aromatic carbocycles. The van der Waals surface area contributed by atoms with Gasteiger partial charge >= 0.3 is 0 Å². The number of rotatable bonds is 3. The highest BCUT2D eigenvalue weighted by Crippen LogP contribution is 2.31. The van der Waals surface area contributed by atoms with Crippen LogP contribution in [0.1, 0.15) is 15.9 Å². The average molecular weight is 365 g/mol. The number of fused-ring (bicyclic) bond motifs is 1. The second kappa shape index (κ2) is 6.95. The van der Waals surface area contributed by atoms with Crippen LogP contribution in [0.4, 0.5) is 11.4 Å². The number of anilines is 2. The summed E-state index contributed by atoms with van der Waals surface area (Å²) < 4.78 is 5.15. The highest BCUT2D eigenvalue weighted by atomic mass is 16.5. The van der Waals surface area contributed by atoms with Gasteiger partial charge in [0, 0.05) is 50.2 Å². The number of benzene rings is 2. The zero-order valence-corrected chi connectivity index (χ0v) is 15.6. The first kappa shape index (κ1) is 17.4. The lowest BCUT2D eigenvalue weighted by Gasteiger charge is -2.36. The Morgan fingerprint density at radius 1 is 1.00 bits per heavy atom. The second-order valence-corrected chi connectivity index (χ2v) is 6.95. The zero-order chi connectivity index (χ0) is 19.0. The number of carbonyl (C=O) groups excluding carboxylic acids is 2. The molecule has 4 rings (SSSR count). The summed E-state index contributed by atoms with van der Waals surface area (Å²) in [4.78, 5) is 30.4. The van der Waals surface area contributed by atoms with Gasteiger partial charge in [-0.1, -0.05) is 0 Å². The number of nitrogens with zero attached hydrogens (tertiary/aromatic N) is 3. The number of piperazine rings is 1. The Morgan fingerprint density at radius 3 is 2.37 bits per heavy atom. The van der Waals surface area contributed by atoms with Gasteiger partial charge in [-0.3, -0.25) is 9.59 Å². The van der Waals surface area contributed by atoms with E-state index in [1.807, 2.05) is 42.3 Å². The molecule has 1 fully saturated rings. The summed E-state index contributed by atoms with van der Waals surface area (Å²) in [7, 11) is 3.43. The summed E-state index contributed by atoms with van der Waals surface area (Å²) in [6.07, 6.45) is 0.468. The molecule has 0 N–H and O–H groups in total. The molecule has 6 heteroatoms. The van der Waals surface area contributed by atoms with E-state index < -0.39 is 0 Å². The number of amides is 2. The molecular formula is C21H23N3O3. The highest BCUT2D eigenvalue weighted by Gasteiger charge is 2.26. The van der Waals surface area contributed by atoms with Gasteiger partial charge in [-0.15, -0.1) is 0 Å². The van der Waals surface area contributed by atoms with Crippen LogP contribution in [-0.4, -0.2) is 57.1 Å². The second-order valence-electron chi connectivity index (χ2n) is 6.95. The van der Waals surface area contributed by atoms with Crippen LogP contribution in [0, 0.1) is 0 Å². The molecule has 1 saturated heterocycles. The van der Waals surface area contributed by atoms with E-state index in [2.05, 4.69) is 17.0 Å². The van der Waals surface area contributed by atoms with Gasteiger partial charge in [-0.05, 0) is 48.0 Å². The molecule has 0 saturated carbocycles. The van der Waals surface area contributed by atoms with Gasteiger partial charge in [-0.2, -0.15) is 0 Å². The van der Waals surface area contributed by atoms with E-state index in [1.54, 1.807) is 12.0 Å². The van der Waals surface area contributed by atoms with Crippen molar-refractivity contribution in [3.63, 3.8) is 0 Å². The predicted molar refractivity (Wildman–Crippen MR) is 105 cm³/mol. The first-order valence-corrected chi connectivity index (χ1v) is 9.14. The summed E-state index contributed by atoms with van der Waals surface area (Å²) in [5, 5.41) is 0. The van der Waals surface area contributed by atoms with Crippen molar-refractivity contribution in [2.75, 3.05) is 50.1 Å². The molecule has 27 heavy (non-hydrogen) atoms. The van der Waals surface area contributed by atoms with Crippen LogP contribution in [-0.2, 0) is 11.2 Å². The minimum atomic E-state index is 0.0541. The smallest absolute Gasteiger partial charge is 0.253 e. The van der Waals surface area contributed by atoms with E-state index in [-0.39, 0.29) is 11.8 Å². The van der Waals surface area contributed by atoms with Gasteiger partial charge in [0.2, 0.25) is 5.91 Å². The maximum Gasteiger partial charge on any atom is 0.253 e. The molecule has 2 amide bonds. The predicted octanol–water partition coefficient (Wildman–Crippen LogP) is 2.18. The van der Waals surface area contributed by atoms with E-state index in [9.17, 15) is 9.59 Å². The fourth-order valence-electron chi connectivity index (χ4n) is 3.74. The van der Waals surface area contributed by atoms with Crippen LogP contribution in [0.5, 0.6) is 5.75 Å². The molecule has 2 heterocycles. The molecule has 2 aliphatic rings. The molecule has 0 bridgehead atoms. The van der Waals surface area contributed by atoms with Gasteiger partial charge in [0.05, 0.1) is 13.5 Å². The van der Waals surface area contributed by atoms with E-state index in [0.29, 0.717) is 25.1 Å². The maximum atomic E-state index is 12.7. The minimum Gasteiger partial charge on any atom is -0.497 e. The van der Waals surface area contributed by atoms with Crippen LogP contribution in [0.2, 0.25) is 0 Å². The zero-order valence-electron chi connectivity index (χ0n) is 15.6. The lowest BCUT2D eigenvalue weighted by Crippen LogP contribution is -2.48. The molecule has 0 spiro atoms. The van der Waals surface area contributed by atoms with Crippen molar-refractivity contribution < 1.29 is 14.3 Å². The fourth-order valence-corrected chi connectivity index (χ4v) is 3.74. The third kappa shape index (κ3) is 3.23. The molecule has 0 aromatic heterocycles. The molecule has 6 nitrogen and oxygen atoms in total. The number of ether oxygens (including phenoxy) is 1. The largest absolute Gasteiger partial charge is 0.497 e. The Bertz CT molecular complexity index is 871. The van der Waals surface area contributed by atoms with Crippen molar-refractivity contribution in [3.05, 3.63) is 53.6 Å². The highest BCUT2D eigenvalue weighted by molar-refractivity contribution is 6.01. The summed E-state index contributed by atoms with van der Waals surface area (Å²) in [5.41, 5.74) is 3.88. The van der Waals surface area contributed by atoms with Crippen molar-refractivity contribution in [1.82, 2.24) is 4.90 Å². The Hall–Kier alpha value is -3.02. The lowest BCUT2D eigenvalue weighted by molar-refractivity contribution is -0.117. The van der Waals surface area contributed by atoms with E-state index in [4.69, 9.17) is 4.74 Å². The van der Waals surface area contributed by atoms with E-state index >= 15 is 0 Å². The SMILES string of the molecule is COc1ccc(C(=O)N2CCN(c3ccc4c(c3)CC(=O)N4C)CC2)cc1. The van der Waals surface area contributed by atoms with Crippen LogP contribution in [0.15, 0.2) is 42.5 Å². The van der Waals surface area contributed by atoms with Crippen molar-refractivity contribution in [2.24, 2.45) is 0 Å². The average Bonchev–Trinajstić information content (AvgIpc) is 3.01. The van der Waals surface area contributed by atoms with Crippen molar-refractivity contribution >= 4 is 23.2 Å². The first-order chi connectivity index (χ1) is 13.1. The number of likely N-dealkylation sites (N-methyl/N-ethyl adjacent to an activating group) is 1. The maximum absolute atomic E-state index is 12.7. The normalized spacial score (nSPS) is 16.5. The van der Waals surface area contributed by atoms with Crippen LogP contribution < -0.4 is 14.5 Å². The third-order valence-electron chi connectivity index (χ3n) is 5.41. The van der Waals surface area contributed by atoms with Gasteiger partial charge < -0.3 is 19.4 Å². The Balaban J connectivity index is 1.41. The monoisotopic (exact) mass is 365 g/mol. The van der Waals surface area contributed by atoms with Gasteiger partial charge in [-0.25, -0.2) is 0 Å². The van der Waals surface area contributed by atoms with Crippen LogP contribution in [0.3, 0.4) is 0 Å². The first-order valence-electron chi connectivity index (χ1n) is 9.14. The molecule has 0 unspecified atom stereocenters. The molecule has 140 valence electrons. The topological polar surface area (TPSA) is 53.1 Å². The molecule has 0 aliphatic carbocycles. The molecule has 0 atom stereocenters. The fraction of sp³-hybridized carbons (Fsp3) is 0.333. The summed E-state index contributed by atoms with van der Waals surface area (Å²) >= 11 is 0.